The molecule has 3 heterocycles. The molecule has 5 rings (SSSR count). The van der Waals surface area contributed by atoms with Crippen LogP contribution in [0.25, 0.3) is 0 Å². The van der Waals surface area contributed by atoms with Crippen molar-refractivity contribution >= 4 is 17.4 Å². The van der Waals surface area contributed by atoms with E-state index in [2.05, 4.69) is 15.3 Å². The van der Waals surface area contributed by atoms with Crippen LogP contribution in [0.3, 0.4) is 0 Å². The monoisotopic (exact) mass is 545 g/mol. The van der Waals surface area contributed by atoms with Crippen molar-refractivity contribution in [2.75, 3.05) is 57.7 Å². The predicted molar refractivity (Wildman–Crippen MR) is 139 cm³/mol. The summed E-state index contributed by atoms with van der Waals surface area (Å²) < 4.78 is 59.3. The van der Waals surface area contributed by atoms with Gasteiger partial charge in [0.05, 0.1) is 33.6 Å². The number of hydrogen-bond acceptors (Lipinski definition) is 7. The molecular formula is C27H30F3N5O4. The Balaban J connectivity index is 1.38. The maximum atomic E-state index is 14.2. The quantitative estimate of drug-likeness (QED) is 0.488. The highest BCUT2D eigenvalue weighted by Gasteiger charge is 2.47. The van der Waals surface area contributed by atoms with Crippen LogP contribution >= 0.6 is 0 Å². The molecule has 1 aromatic heterocycles. The Labute approximate surface area is 224 Å². The highest BCUT2D eigenvalue weighted by molar-refractivity contribution is 5.99. The first-order valence-corrected chi connectivity index (χ1v) is 12.5. The molecule has 0 saturated carbocycles. The molecule has 0 radical (unpaired) electrons. The lowest BCUT2D eigenvalue weighted by Crippen LogP contribution is -2.49. The lowest BCUT2D eigenvalue weighted by Gasteiger charge is -2.37. The van der Waals surface area contributed by atoms with E-state index in [-0.39, 0.29) is 23.7 Å². The van der Waals surface area contributed by atoms with Crippen LogP contribution in [0.2, 0.25) is 0 Å². The summed E-state index contributed by atoms with van der Waals surface area (Å²) in [5.74, 6) is 1.32. The van der Waals surface area contributed by atoms with Gasteiger partial charge in [0.2, 0.25) is 0 Å². The van der Waals surface area contributed by atoms with E-state index in [1.807, 2.05) is 24.3 Å². The van der Waals surface area contributed by atoms with Crippen molar-refractivity contribution in [3.05, 3.63) is 59.8 Å². The fourth-order valence-corrected chi connectivity index (χ4v) is 5.15. The van der Waals surface area contributed by atoms with Crippen LogP contribution in [0.1, 0.15) is 34.4 Å². The normalized spacial score (nSPS) is 19.2. The fourth-order valence-electron chi connectivity index (χ4n) is 5.15. The number of ether oxygens (including phenoxy) is 3. The summed E-state index contributed by atoms with van der Waals surface area (Å²) in [4.78, 5) is 17.3. The van der Waals surface area contributed by atoms with Crippen LogP contribution in [0.15, 0.2) is 48.7 Å². The molecule has 1 fully saturated rings. The number of alkyl halides is 3. The molecule has 0 unspecified atom stereocenters. The number of piperazine rings is 1. The van der Waals surface area contributed by atoms with Crippen molar-refractivity contribution in [2.45, 2.75) is 24.7 Å². The standard InChI is InChI=1S/C27H30F3N5O4/c1-37-19-6-4-5-18(14-19)33-9-11-34(12-10-33)26(36)20-16-31-35-24(27(28,29)30)15-21(32-25(20)35)17-7-8-22(38-2)23(13-17)39-3/h4-8,13-14,16,21,24,32H,9-12,15H2,1-3H3/t21-,24-/m0/s1. The minimum absolute atomic E-state index is 0.0589. The van der Waals surface area contributed by atoms with Crippen molar-refractivity contribution < 1.29 is 32.2 Å². The molecule has 1 saturated heterocycles. The fraction of sp³-hybridized carbons (Fsp3) is 0.407. The van der Waals surface area contributed by atoms with Crippen LogP contribution in [0.4, 0.5) is 24.7 Å². The van der Waals surface area contributed by atoms with Gasteiger partial charge in [0.25, 0.3) is 5.91 Å². The molecule has 2 aromatic carbocycles. The Morgan fingerprint density at radius 1 is 0.974 bits per heavy atom. The van der Waals surface area contributed by atoms with E-state index in [0.29, 0.717) is 43.2 Å². The first-order chi connectivity index (χ1) is 18.7. The van der Waals surface area contributed by atoms with Gasteiger partial charge in [-0.2, -0.15) is 18.3 Å². The zero-order valence-electron chi connectivity index (χ0n) is 21.9. The predicted octanol–water partition coefficient (Wildman–Crippen LogP) is 4.53. The minimum atomic E-state index is -4.56. The Morgan fingerprint density at radius 3 is 2.38 bits per heavy atom. The van der Waals surface area contributed by atoms with E-state index in [0.717, 1.165) is 16.1 Å². The van der Waals surface area contributed by atoms with E-state index in [4.69, 9.17) is 14.2 Å². The van der Waals surface area contributed by atoms with Gasteiger partial charge in [-0.25, -0.2) is 4.68 Å². The largest absolute Gasteiger partial charge is 0.497 e. The van der Waals surface area contributed by atoms with E-state index < -0.39 is 18.3 Å². The molecule has 2 aliphatic rings. The van der Waals surface area contributed by atoms with Gasteiger partial charge in [-0.15, -0.1) is 0 Å². The van der Waals surface area contributed by atoms with Gasteiger partial charge in [-0.05, 0) is 29.8 Å². The summed E-state index contributed by atoms with van der Waals surface area (Å²) >= 11 is 0. The van der Waals surface area contributed by atoms with E-state index in [1.54, 1.807) is 30.2 Å². The second-order valence-electron chi connectivity index (χ2n) is 9.44. The second kappa shape index (κ2) is 10.6. The molecule has 0 spiro atoms. The molecule has 0 aliphatic carbocycles. The molecule has 9 nitrogen and oxygen atoms in total. The third-order valence-electron chi connectivity index (χ3n) is 7.26. The second-order valence-corrected chi connectivity index (χ2v) is 9.44. The van der Waals surface area contributed by atoms with Crippen molar-refractivity contribution in [1.82, 2.24) is 14.7 Å². The van der Waals surface area contributed by atoms with Crippen LogP contribution in [-0.4, -0.2) is 74.3 Å². The van der Waals surface area contributed by atoms with Gasteiger partial charge in [0, 0.05) is 44.4 Å². The number of amides is 1. The first kappa shape index (κ1) is 26.5. The smallest absolute Gasteiger partial charge is 0.410 e. The number of hydrogen-bond donors (Lipinski definition) is 1. The van der Waals surface area contributed by atoms with Gasteiger partial charge in [-0.3, -0.25) is 4.79 Å². The lowest BCUT2D eigenvalue weighted by molar-refractivity contribution is -0.173. The van der Waals surface area contributed by atoms with Crippen molar-refractivity contribution in [1.29, 1.82) is 0 Å². The van der Waals surface area contributed by atoms with Crippen LogP contribution < -0.4 is 24.4 Å². The molecule has 39 heavy (non-hydrogen) atoms. The number of methoxy groups -OCH3 is 3. The SMILES string of the molecule is COc1cccc(N2CCN(C(=O)c3cnn4c3N[C@H](c3ccc(OC)c(OC)c3)C[C@H]4C(F)(F)F)CC2)c1. The zero-order valence-corrected chi connectivity index (χ0v) is 21.9. The van der Waals surface area contributed by atoms with Gasteiger partial charge in [0.1, 0.15) is 17.1 Å². The molecule has 12 heteroatoms. The average Bonchev–Trinajstić information content (AvgIpc) is 3.39. The number of carbonyl (C=O) groups excluding carboxylic acids is 1. The van der Waals surface area contributed by atoms with E-state index in [1.165, 1.54) is 20.4 Å². The Bertz CT molecular complexity index is 1340. The number of rotatable bonds is 6. The molecule has 1 N–H and O–H groups in total. The Morgan fingerprint density at radius 2 is 1.72 bits per heavy atom. The summed E-state index contributed by atoms with van der Waals surface area (Å²) in [5.41, 5.74) is 1.68. The minimum Gasteiger partial charge on any atom is -0.497 e. The summed E-state index contributed by atoms with van der Waals surface area (Å²) in [5, 5.41) is 7.16. The summed E-state index contributed by atoms with van der Waals surface area (Å²) in [7, 11) is 4.56. The van der Waals surface area contributed by atoms with E-state index in [9.17, 15) is 18.0 Å². The van der Waals surface area contributed by atoms with Crippen molar-refractivity contribution in [3.8, 4) is 17.2 Å². The number of nitrogens with one attached hydrogen (secondary N) is 1. The zero-order chi connectivity index (χ0) is 27.7. The van der Waals surface area contributed by atoms with Gasteiger partial charge in [0.15, 0.2) is 17.5 Å². The topological polar surface area (TPSA) is 81.1 Å². The van der Waals surface area contributed by atoms with Gasteiger partial charge < -0.3 is 29.3 Å². The average molecular weight is 546 g/mol. The Kier molecular flexibility index (Phi) is 7.19. The summed E-state index contributed by atoms with van der Waals surface area (Å²) in [6.45, 7) is 2.00. The summed E-state index contributed by atoms with van der Waals surface area (Å²) in [6, 6.07) is 10.1. The molecule has 0 bridgehead atoms. The van der Waals surface area contributed by atoms with Crippen molar-refractivity contribution in [3.63, 3.8) is 0 Å². The first-order valence-electron chi connectivity index (χ1n) is 12.5. The highest BCUT2D eigenvalue weighted by Crippen LogP contribution is 2.45. The number of fused-ring (bicyclic) bond motifs is 1. The molecule has 3 aromatic rings. The third-order valence-corrected chi connectivity index (χ3v) is 7.26. The number of nitrogens with zero attached hydrogens (tertiary/aromatic N) is 4. The Hall–Kier alpha value is -4.09. The number of benzene rings is 2. The third kappa shape index (κ3) is 5.15. The van der Waals surface area contributed by atoms with E-state index >= 15 is 0 Å². The van der Waals surface area contributed by atoms with Gasteiger partial charge >= 0.3 is 6.18 Å². The number of anilines is 2. The number of halogens is 3. The maximum absolute atomic E-state index is 14.2. The van der Waals surface area contributed by atoms with Crippen LogP contribution in [0, 0.1) is 0 Å². The molecule has 208 valence electrons. The lowest BCUT2D eigenvalue weighted by atomic mass is 9.96. The van der Waals surface area contributed by atoms with Crippen LogP contribution in [-0.2, 0) is 0 Å². The summed E-state index contributed by atoms with van der Waals surface area (Å²) in [6.07, 6.45) is -3.62. The molecule has 1 amide bonds. The van der Waals surface area contributed by atoms with Crippen LogP contribution in [0.5, 0.6) is 17.2 Å². The number of carbonyl (C=O) groups is 1. The molecule has 2 aliphatic heterocycles. The molecule has 2 atom stereocenters. The number of aromatic nitrogens is 2. The molecular weight excluding hydrogens is 515 g/mol. The maximum Gasteiger partial charge on any atom is 0.410 e. The van der Waals surface area contributed by atoms with Gasteiger partial charge in [-0.1, -0.05) is 12.1 Å². The highest BCUT2D eigenvalue weighted by atomic mass is 19.4. The van der Waals surface area contributed by atoms with Crippen molar-refractivity contribution in [2.24, 2.45) is 0 Å².